The summed E-state index contributed by atoms with van der Waals surface area (Å²) in [4.78, 5) is 28.0. The Morgan fingerprint density at radius 1 is 1.12 bits per heavy atom. The third kappa shape index (κ3) is 3.24. The first-order valence-corrected chi connectivity index (χ1v) is 10.8. The van der Waals surface area contributed by atoms with E-state index in [0.29, 0.717) is 30.3 Å². The Bertz CT molecular complexity index is 1450. The van der Waals surface area contributed by atoms with Crippen LogP contribution in [-0.4, -0.2) is 66.0 Å². The standard InChI is InChI=1S/C23H19N9O2/c24-10-14-1-2-19-18(7-14)22(28-20-11-25-5-6-26-20)29-32(19)15-3-4-27-21(9-15)30-12-17-8-16(30)13-31(17)23(33)34/h1-7,9,11,16-17H,8,12-13H2,(H,33,34)(H,26,28,29)/t16-,17-/m0/s1. The molecule has 1 aromatic carbocycles. The fourth-order valence-corrected chi connectivity index (χ4v) is 4.84. The van der Waals surface area contributed by atoms with Crippen molar-refractivity contribution < 1.29 is 9.90 Å². The quantitative estimate of drug-likeness (QED) is 0.478. The second-order valence-corrected chi connectivity index (χ2v) is 8.32. The van der Waals surface area contributed by atoms with Gasteiger partial charge in [0.25, 0.3) is 0 Å². The van der Waals surface area contributed by atoms with Gasteiger partial charge in [-0.25, -0.2) is 19.4 Å². The summed E-state index contributed by atoms with van der Waals surface area (Å²) in [5, 5.41) is 27.5. The molecule has 168 valence electrons. The number of fused-ring (bicyclic) bond motifs is 3. The molecule has 0 saturated carbocycles. The first kappa shape index (κ1) is 19.9. The number of pyridine rings is 1. The van der Waals surface area contributed by atoms with Crippen molar-refractivity contribution in [2.24, 2.45) is 0 Å². The summed E-state index contributed by atoms with van der Waals surface area (Å²) in [7, 11) is 0. The van der Waals surface area contributed by atoms with Gasteiger partial charge >= 0.3 is 6.09 Å². The van der Waals surface area contributed by atoms with Gasteiger partial charge in [-0.2, -0.15) is 5.26 Å². The Balaban J connectivity index is 1.38. The third-order valence-corrected chi connectivity index (χ3v) is 6.37. The predicted octanol–water partition coefficient (Wildman–Crippen LogP) is 2.77. The number of aromatic nitrogens is 5. The van der Waals surface area contributed by atoms with E-state index in [0.717, 1.165) is 28.8 Å². The van der Waals surface area contributed by atoms with E-state index in [-0.39, 0.29) is 12.1 Å². The van der Waals surface area contributed by atoms with Crippen LogP contribution < -0.4 is 10.2 Å². The number of anilines is 3. The number of nitriles is 1. The summed E-state index contributed by atoms with van der Waals surface area (Å²) in [5.41, 5.74) is 2.16. The number of benzene rings is 1. The van der Waals surface area contributed by atoms with Crippen molar-refractivity contribution in [2.45, 2.75) is 18.5 Å². The number of carbonyl (C=O) groups is 1. The molecular weight excluding hydrogens is 434 g/mol. The summed E-state index contributed by atoms with van der Waals surface area (Å²) in [5.74, 6) is 1.89. The molecule has 2 aliphatic rings. The Morgan fingerprint density at radius 3 is 2.76 bits per heavy atom. The van der Waals surface area contributed by atoms with Gasteiger partial charge in [0.1, 0.15) is 11.6 Å². The van der Waals surface area contributed by atoms with Gasteiger partial charge < -0.3 is 20.2 Å². The van der Waals surface area contributed by atoms with Crippen LogP contribution in [0.25, 0.3) is 16.6 Å². The minimum absolute atomic E-state index is 0.00863. The van der Waals surface area contributed by atoms with Crippen LogP contribution in [0, 0.1) is 11.3 Å². The highest BCUT2D eigenvalue weighted by Gasteiger charge is 2.45. The smallest absolute Gasteiger partial charge is 0.407 e. The average Bonchev–Trinajstić information content (AvgIpc) is 3.58. The molecule has 2 aliphatic heterocycles. The number of nitrogens with one attached hydrogen (secondary N) is 1. The summed E-state index contributed by atoms with van der Waals surface area (Å²) < 4.78 is 1.80. The van der Waals surface area contributed by atoms with Crippen LogP contribution in [-0.2, 0) is 0 Å². The predicted molar refractivity (Wildman–Crippen MR) is 123 cm³/mol. The number of hydrogen-bond donors (Lipinski definition) is 2. The van der Waals surface area contributed by atoms with Crippen molar-refractivity contribution in [2.75, 3.05) is 23.3 Å². The minimum atomic E-state index is -0.864. The summed E-state index contributed by atoms with van der Waals surface area (Å²) in [6.07, 6.45) is 6.47. The second kappa shape index (κ2) is 7.70. The van der Waals surface area contributed by atoms with Crippen molar-refractivity contribution in [3.63, 3.8) is 0 Å². The number of amides is 1. The van der Waals surface area contributed by atoms with Crippen molar-refractivity contribution in [3.05, 3.63) is 60.7 Å². The minimum Gasteiger partial charge on any atom is -0.465 e. The van der Waals surface area contributed by atoms with Crippen LogP contribution in [0.4, 0.5) is 22.2 Å². The Kier molecular flexibility index (Phi) is 4.51. The summed E-state index contributed by atoms with van der Waals surface area (Å²) in [6.45, 7) is 1.11. The molecule has 4 aromatic rings. The zero-order valence-corrected chi connectivity index (χ0v) is 17.9. The van der Waals surface area contributed by atoms with Crippen LogP contribution in [0.3, 0.4) is 0 Å². The van der Waals surface area contributed by atoms with Crippen LogP contribution >= 0.6 is 0 Å². The maximum atomic E-state index is 11.4. The van der Waals surface area contributed by atoms with E-state index in [1.807, 2.05) is 18.2 Å². The molecule has 0 radical (unpaired) electrons. The molecule has 34 heavy (non-hydrogen) atoms. The van der Waals surface area contributed by atoms with Crippen molar-refractivity contribution in [3.8, 4) is 11.8 Å². The molecule has 2 fully saturated rings. The van der Waals surface area contributed by atoms with Crippen LogP contribution in [0.2, 0.25) is 0 Å². The molecular formula is C23H19N9O2. The lowest BCUT2D eigenvalue weighted by Crippen LogP contribution is -2.48. The fraction of sp³-hybridized carbons (Fsp3) is 0.217. The maximum absolute atomic E-state index is 11.4. The molecule has 0 unspecified atom stereocenters. The highest BCUT2D eigenvalue weighted by molar-refractivity contribution is 5.93. The lowest BCUT2D eigenvalue weighted by atomic mass is 10.1. The zero-order chi connectivity index (χ0) is 23.2. The highest BCUT2D eigenvalue weighted by atomic mass is 16.4. The first-order chi connectivity index (χ1) is 16.6. The van der Waals surface area contributed by atoms with E-state index >= 15 is 0 Å². The van der Waals surface area contributed by atoms with Gasteiger partial charge in [-0.3, -0.25) is 4.98 Å². The van der Waals surface area contributed by atoms with Gasteiger partial charge in [0, 0.05) is 43.1 Å². The Hall–Kier alpha value is -4.72. The van der Waals surface area contributed by atoms with Crippen molar-refractivity contribution in [1.29, 1.82) is 5.26 Å². The normalized spacial score (nSPS) is 18.9. The first-order valence-electron chi connectivity index (χ1n) is 10.8. The molecule has 6 rings (SSSR count). The van der Waals surface area contributed by atoms with E-state index in [2.05, 4.69) is 31.2 Å². The molecule has 2 N–H and O–H groups in total. The number of carboxylic acid groups (broad SMARTS) is 1. The average molecular weight is 453 g/mol. The fourth-order valence-electron chi connectivity index (χ4n) is 4.84. The van der Waals surface area contributed by atoms with E-state index in [1.54, 1.807) is 41.6 Å². The maximum Gasteiger partial charge on any atom is 0.407 e. The summed E-state index contributed by atoms with van der Waals surface area (Å²) in [6, 6.07) is 11.5. The molecule has 5 heterocycles. The lowest BCUT2D eigenvalue weighted by molar-refractivity contribution is 0.137. The highest BCUT2D eigenvalue weighted by Crippen LogP contribution is 2.35. The topological polar surface area (TPSA) is 136 Å². The summed E-state index contributed by atoms with van der Waals surface area (Å²) >= 11 is 0. The monoisotopic (exact) mass is 453 g/mol. The number of hydrogen-bond acceptors (Lipinski definition) is 8. The Labute approximate surface area is 193 Å². The van der Waals surface area contributed by atoms with Gasteiger partial charge in [0.15, 0.2) is 5.82 Å². The number of piperazine rings is 1. The number of likely N-dealkylation sites (tertiary alicyclic amines) is 1. The van der Waals surface area contributed by atoms with E-state index in [4.69, 9.17) is 5.10 Å². The molecule has 2 bridgehead atoms. The number of rotatable bonds is 4. The van der Waals surface area contributed by atoms with Gasteiger partial charge in [0.2, 0.25) is 0 Å². The zero-order valence-electron chi connectivity index (χ0n) is 17.9. The molecule has 0 aliphatic carbocycles. The SMILES string of the molecule is N#Cc1ccc2c(c1)c(Nc1cnccn1)nn2-c1ccnc(N2C[C@@H]3C[C@H]2CN3C(=O)O)c1. The lowest BCUT2D eigenvalue weighted by Gasteiger charge is -2.33. The molecule has 3 aromatic heterocycles. The van der Waals surface area contributed by atoms with Crippen LogP contribution in [0.15, 0.2) is 55.1 Å². The van der Waals surface area contributed by atoms with Crippen molar-refractivity contribution in [1.82, 2.24) is 29.6 Å². The van der Waals surface area contributed by atoms with Gasteiger partial charge in [-0.05, 0) is 30.7 Å². The van der Waals surface area contributed by atoms with Gasteiger partial charge in [0.05, 0.1) is 41.1 Å². The van der Waals surface area contributed by atoms with E-state index in [9.17, 15) is 15.2 Å². The van der Waals surface area contributed by atoms with E-state index < -0.39 is 6.09 Å². The molecule has 0 spiro atoms. The molecule has 11 heteroatoms. The van der Waals surface area contributed by atoms with E-state index in [1.165, 1.54) is 4.90 Å². The largest absolute Gasteiger partial charge is 0.465 e. The van der Waals surface area contributed by atoms with Gasteiger partial charge in [-0.15, -0.1) is 5.10 Å². The molecule has 2 saturated heterocycles. The van der Waals surface area contributed by atoms with Crippen LogP contribution in [0.1, 0.15) is 12.0 Å². The van der Waals surface area contributed by atoms with Gasteiger partial charge in [-0.1, -0.05) is 0 Å². The van der Waals surface area contributed by atoms with Crippen LogP contribution in [0.5, 0.6) is 0 Å². The molecule has 2 atom stereocenters. The third-order valence-electron chi connectivity index (χ3n) is 6.37. The number of nitrogens with zero attached hydrogens (tertiary/aromatic N) is 8. The molecule has 11 nitrogen and oxygen atoms in total. The second-order valence-electron chi connectivity index (χ2n) is 8.32. The molecule has 1 amide bonds. The van der Waals surface area contributed by atoms with Crippen molar-refractivity contribution >= 4 is 34.4 Å². The Morgan fingerprint density at radius 2 is 2.03 bits per heavy atom.